The Kier molecular flexibility index (Phi) is 4.28. The van der Waals surface area contributed by atoms with Gasteiger partial charge in [-0.3, -0.25) is 9.59 Å². The lowest BCUT2D eigenvalue weighted by Gasteiger charge is -1.97. The summed E-state index contributed by atoms with van der Waals surface area (Å²) >= 11 is 4.67. The fraction of sp³-hybridized carbons (Fsp3) is 0.333. The molecule has 0 aromatic carbocycles. The molecule has 0 aliphatic rings. The van der Waals surface area contributed by atoms with Crippen LogP contribution in [0.3, 0.4) is 0 Å². The fourth-order valence-electron chi connectivity index (χ4n) is 0.939. The maximum atomic E-state index is 11.5. The molecule has 0 spiro atoms. The van der Waals surface area contributed by atoms with E-state index in [1.165, 1.54) is 11.3 Å². The third-order valence-electron chi connectivity index (χ3n) is 1.71. The van der Waals surface area contributed by atoms with E-state index in [9.17, 15) is 9.59 Å². The summed E-state index contributed by atoms with van der Waals surface area (Å²) in [5.74, 6) is -0.0849. The van der Waals surface area contributed by atoms with Gasteiger partial charge in [0.2, 0.25) is 5.91 Å². The monoisotopic (exact) mass is 275 g/mol. The van der Waals surface area contributed by atoms with Crippen LogP contribution in [0.4, 0.5) is 0 Å². The maximum absolute atomic E-state index is 11.5. The van der Waals surface area contributed by atoms with Gasteiger partial charge in [-0.15, -0.1) is 11.3 Å². The Hall–Kier alpha value is -0.680. The van der Waals surface area contributed by atoms with Crippen LogP contribution in [0.15, 0.2) is 15.9 Å². The molecule has 1 aromatic rings. The smallest absolute Gasteiger partial charge is 0.220 e. The van der Waals surface area contributed by atoms with Gasteiger partial charge >= 0.3 is 0 Å². The van der Waals surface area contributed by atoms with Crippen LogP contribution < -0.4 is 5.32 Å². The zero-order valence-electron chi connectivity index (χ0n) is 7.67. The van der Waals surface area contributed by atoms with E-state index in [0.29, 0.717) is 4.88 Å². The Bertz CT molecular complexity index is 348. The number of thiophene rings is 1. The Labute approximate surface area is 94.6 Å². The summed E-state index contributed by atoms with van der Waals surface area (Å²) in [6.07, 6.45) is 0.525. The quantitative estimate of drug-likeness (QED) is 0.857. The van der Waals surface area contributed by atoms with Crippen molar-refractivity contribution in [2.45, 2.75) is 12.8 Å². The van der Waals surface area contributed by atoms with Crippen LogP contribution in [0, 0.1) is 0 Å². The molecule has 14 heavy (non-hydrogen) atoms. The van der Waals surface area contributed by atoms with Gasteiger partial charge in [0.1, 0.15) is 0 Å². The molecular formula is C9H10BrNO2S. The van der Waals surface area contributed by atoms with E-state index in [1.54, 1.807) is 13.1 Å². The average molecular weight is 276 g/mol. The van der Waals surface area contributed by atoms with E-state index in [2.05, 4.69) is 21.2 Å². The summed E-state index contributed by atoms with van der Waals surface area (Å²) in [4.78, 5) is 23.1. The molecule has 1 amide bonds. The topological polar surface area (TPSA) is 46.2 Å². The Balaban J connectivity index is 2.47. The van der Waals surface area contributed by atoms with E-state index in [-0.39, 0.29) is 24.5 Å². The molecule has 0 fully saturated rings. The Morgan fingerprint density at radius 3 is 2.64 bits per heavy atom. The highest BCUT2D eigenvalue weighted by molar-refractivity contribution is 9.11. The first-order valence-electron chi connectivity index (χ1n) is 4.12. The van der Waals surface area contributed by atoms with Crippen LogP contribution in [-0.2, 0) is 4.79 Å². The highest BCUT2D eigenvalue weighted by atomic mass is 79.9. The molecule has 0 atom stereocenters. The van der Waals surface area contributed by atoms with Crippen LogP contribution in [0.25, 0.3) is 0 Å². The third-order valence-corrected chi connectivity index (χ3v) is 3.37. The number of ketones is 1. The Morgan fingerprint density at radius 2 is 2.14 bits per heavy atom. The number of hydrogen-bond donors (Lipinski definition) is 1. The SMILES string of the molecule is CNC(=O)CCC(=O)c1ccc(Br)s1. The number of carbonyl (C=O) groups excluding carboxylic acids is 2. The number of halogens is 1. The molecule has 1 N–H and O–H groups in total. The molecular weight excluding hydrogens is 266 g/mol. The second kappa shape index (κ2) is 5.26. The summed E-state index contributed by atoms with van der Waals surface area (Å²) in [7, 11) is 1.56. The van der Waals surface area contributed by atoms with Crippen molar-refractivity contribution in [1.82, 2.24) is 5.32 Å². The van der Waals surface area contributed by atoms with Crippen LogP contribution in [0.2, 0.25) is 0 Å². The number of nitrogens with one attached hydrogen (secondary N) is 1. The first-order valence-corrected chi connectivity index (χ1v) is 5.73. The van der Waals surface area contributed by atoms with Crippen LogP contribution in [0.5, 0.6) is 0 Å². The molecule has 0 aliphatic carbocycles. The minimum absolute atomic E-state index is 0.0179. The molecule has 0 unspecified atom stereocenters. The van der Waals surface area contributed by atoms with E-state index in [0.717, 1.165) is 3.79 Å². The Morgan fingerprint density at radius 1 is 1.43 bits per heavy atom. The van der Waals surface area contributed by atoms with Gasteiger partial charge in [0, 0.05) is 19.9 Å². The molecule has 0 radical (unpaired) electrons. The number of rotatable bonds is 4. The van der Waals surface area contributed by atoms with E-state index in [4.69, 9.17) is 0 Å². The lowest BCUT2D eigenvalue weighted by Crippen LogP contribution is -2.18. The molecule has 76 valence electrons. The van der Waals surface area contributed by atoms with Crippen molar-refractivity contribution in [3.63, 3.8) is 0 Å². The second-order valence-corrected chi connectivity index (χ2v) is 5.16. The van der Waals surface area contributed by atoms with Gasteiger partial charge in [0.25, 0.3) is 0 Å². The van der Waals surface area contributed by atoms with Crippen molar-refractivity contribution in [2.24, 2.45) is 0 Å². The number of hydrogen-bond acceptors (Lipinski definition) is 3. The number of carbonyl (C=O) groups is 2. The third kappa shape index (κ3) is 3.23. The van der Waals surface area contributed by atoms with Crippen molar-refractivity contribution in [3.05, 3.63) is 20.8 Å². The summed E-state index contributed by atoms with van der Waals surface area (Å²) < 4.78 is 0.931. The van der Waals surface area contributed by atoms with Crippen molar-refractivity contribution >= 4 is 39.0 Å². The lowest BCUT2D eigenvalue weighted by molar-refractivity contribution is -0.120. The van der Waals surface area contributed by atoms with Crippen LogP contribution in [-0.4, -0.2) is 18.7 Å². The zero-order chi connectivity index (χ0) is 10.6. The highest BCUT2D eigenvalue weighted by Gasteiger charge is 2.10. The maximum Gasteiger partial charge on any atom is 0.220 e. The molecule has 0 bridgehead atoms. The minimum atomic E-state index is -0.103. The van der Waals surface area contributed by atoms with Gasteiger partial charge in [0.15, 0.2) is 5.78 Å². The van der Waals surface area contributed by atoms with Gasteiger partial charge in [0.05, 0.1) is 8.66 Å². The van der Waals surface area contributed by atoms with Gasteiger partial charge in [-0.05, 0) is 28.1 Å². The van der Waals surface area contributed by atoms with E-state index >= 15 is 0 Å². The van der Waals surface area contributed by atoms with Crippen molar-refractivity contribution < 1.29 is 9.59 Å². The van der Waals surface area contributed by atoms with Gasteiger partial charge in [-0.2, -0.15) is 0 Å². The first kappa shape index (κ1) is 11.4. The molecule has 3 nitrogen and oxygen atoms in total. The summed E-state index contributed by atoms with van der Waals surface area (Å²) in [6, 6.07) is 3.60. The molecule has 0 saturated heterocycles. The predicted octanol–water partition coefficient (Wildman–Crippen LogP) is 2.22. The van der Waals surface area contributed by atoms with Crippen molar-refractivity contribution in [3.8, 4) is 0 Å². The van der Waals surface area contributed by atoms with Gasteiger partial charge in [-0.1, -0.05) is 0 Å². The molecule has 1 aromatic heterocycles. The molecule has 5 heteroatoms. The van der Waals surface area contributed by atoms with Gasteiger partial charge < -0.3 is 5.32 Å². The summed E-state index contributed by atoms with van der Waals surface area (Å²) in [5.41, 5.74) is 0. The summed E-state index contributed by atoms with van der Waals surface area (Å²) in [6.45, 7) is 0. The first-order chi connectivity index (χ1) is 6.63. The predicted molar refractivity (Wildman–Crippen MR) is 59.7 cm³/mol. The number of amides is 1. The van der Waals surface area contributed by atoms with Crippen molar-refractivity contribution in [2.75, 3.05) is 7.05 Å². The van der Waals surface area contributed by atoms with E-state index in [1.807, 2.05) is 6.07 Å². The highest BCUT2D eigenvalue weighted by Crippen LogP contribution is 2.23. The normalized spacial score (nSPS) is 9.86. The second-order valence-electron chi connectivity index (χ2n) is 2.70. The van der Waals surface area contributed by atoms with Crippen molar-refractivity contribution in [1.29, 1.82) is 0 Å². The van der Waals surface area contributed by atoms with Crippen LogP contribution in [0.1, 0.15) is 22.5 Å². The lowest BCUT2D eigenvalue weighted by atomic mass is 10.2. The number of Topliss-reactive ketones (excluding diaryl/α,β-unsaturated/α-hetero) is 1. The molecule has 0 saturated carbocycles. The molecule has 0 aliphatic heterocycles. The average Bonchev–Trinajstić information content (AvgIpc) is 2.60. The summed E-state index contributed by atoms with van der Waals surface area (Å²) in [5, 5.41) is 2.48. The molecule has 1 rings (SSSR count). The largest absolute Gasteiger partial charge is 0.359 e. The zero-order valence-corrected chi connectivity index (χ0v) is 10.1. The standard InChI is InChI=1S/C9H10BrNO2S/c1-11-9(13)5-2-6(12)7-3-4-8(10)14-7/h3-4H,2,5H2,1H3,(H,11,13). The minimum Gasteiger partial charge on any atom is -0.359 e. The van der Waals surface area contributed by atoms with Gasteiger partial charge in [-0.25, -0.2) is 0 Å². The van der Waals surface area contributed by atoms with E-state index < -0.39 is 0 Å². The molecule has 1 heterocycles. The van der Waals surface area contributed by atoms with Crippen LogP contribution >= 0.6 is 27.3 Å². The fourth-order valence-corrected chi connectivity index (χ4v) is 2.29.